The summed E-state index contributed by atoms with van der Waals surface area (Å²) in [4.78, 5) is 0. The van der Waals surface area contributed by atoms with Crippen molar-refractivity contribution in [3.8, 4) is 11.5 Å². The predicted octanol–water partition coefficient (Wildman–Crippen LogP) is 5.10. The summed E-state index contributed by atoms with van der Waals surface area (Å²) in [6, 6.07) is 12.6. The van der Waals surface area contributed by atoms with Crippen molar-refractivity contribution in [3.05, 3.63) is 53.1 Å². The van der Waals surface area contributed by atoms with Crippen molar-refractivity contribution < 1.29 is 9.47 Å². The molecule has 0 fully saturated rings. The van der Waals surface area contributed by atoms with Crippen molar-refractivity contribution >= 4 is 5.69 Å². The van der Waals surface area contributed by atoms with Gasteiger partial charge < -0.3 is 14.8 Å². The van der Waals surface area contributed by atoms with Gasteiger partial charge in [-0.3, -0.25) is 0 Å². The zero-order valence-corrected chi connectivity index (χ0v) is 14.6. The lowest BCUT2D eigenvalue weighted by Crippen LogP contribution is -2.03. The van der Waals surface area contributed by atoms with E-state index in [9.17, 15) is 0 Å². The summed E-state index contributed by atoms with van der Waals surface area (Å²) in [6.07, 6.45) is 2.17. The minimum Gasteiger partial charge on any atom is -0.493 e. The van der Waals surface area contributed by atoms with Crippen LogP contribution in [0.3, 0.4) is 0 Å². The SMILES string of the molecule is CCCCOc1cc(CNc2cc(C)ccc2C)ccc1OC. The predicted molar refractivity (Wildman–Crippen MR) is 96.6 cm³/mol. The van der Waals surface area contributed by atoms with E-state index in [2.05, 4.69) is 56.4 Å². The van der Waals surface area contributed by atoms with Gasteiger partial charge in [0.25, 0.3) is 0 Å². The third-order valence-corrected chi connectivity index (χ3v) is 3.86. The van der Waals surface area contributed by atoms with Crippen LogP contribution in [0.25, 0.3) is 0 Å². The lowest BCUT2D eigenvalue weighted by Gasteiger charge is -2.14. The molecule has 0 spiro atoms. The van der Waals surface area contributed by atoms with E-state index in [0.29, 0.717) is 0 Å². The number of nitrogens with one attached hydrogen (secondary N) is 1. The highest BCUT2D eigenvalue weighted by Gasteiger charge is 2.06. The first-order chi connectivity index (χ1) is 11.1. The number of rotatable bonds is 8. The fraction of sp³-hybridized carbons (Fsp3) is 0.400. The highest BCUT2D eigenvalue weighted by molar-refractivity contribution is 5.53. The number of anilines is 1. The molecule has 0 atom stereocenters. The molecule has 0 unspecified atom stereocenters. The van der Waals surface area contributed by atoms with Crippen LogP contribution in [-0.4, -0.2) is 13.7 Å². The van der Waals surface area contributed by atoms with Crippen LogP contribution in [0.4, 0.5) is 5.69 Å². The average Bonchev–Trinajstić information content (AvgIpc) is 2.56. The van der Waals surface area contributed by atoms with Gasteiger partial charge in [-0.05, 0) is 55.2 Å². The topological polar surface area (TPSA) is 30.5 Å². The van der Waals surface area contributed by atoms with E-state index in [1.807, 2.05) is 6.07 Å². The summed E-state index contributed by atoms with van der Waals surface area (Å²) in [5.74, 6) is 1.61. The molecule has 3 heteroatoms. The summed E-state index contributed by atoms with van der Waals surface area (Å²) >= 11 is 0. The van der Waals surface area contributed by atoms with E-state index in [4.69, 9.17) is 9.47 Å². The molecule has 0 aliphatic rings. The van der Waals surface area contributed by atoms with Crippen LogP contribution < -0.4 is 14.8 Å². The zero-order valence-electron chi connectivity index (χ0n) is 14.6. The second-order valence-electron chi connectivity index (χ2n) is 5.86. The zero-order chi connectivity index (χ0) is 16.7. The molecule has 0 bridgehead atoms. The molecule has 124 valence electrons. The van der Waals surface area contributed by atoms with Gasteiger partial charge in [-0.15, -0.1) is 0 Å². The molecule has 0 heterocycles. The maximum absolute atomic E-state index is 5.85. The van der Waals surface area contributed by atoms with Crippen molar-refractivity contribution in [2.24, 2.45) is 0 Å². The number of hydrogen-bond donors (Lipinski definition) is 1. The van der Waals surface area contributed by atoms with Crippen LogP contribution in [0.2, 0.25) is 0 Å². The first-order valence-corrected chi connectivity index (χ1v) is 8.25. The number of unbranched alkanes of at least 4 members (excludes halogenated alkanes) is 1. The molecule has 1 N–H and O–H groups in total. The van der Waals surface area contributed by atoms with Crippen molar-refractivity contribution in [2.45, 2.75) is 40.2 Å². The van der Waals surface area contributed by atoms with Gasteiger partial charge in [0, 0.05) is 12.2 Å². The molecule has 23 heavy (non-hydrogen) atoms. The summed E-state index contributed by atoms with van der Waals surface area (Å²) in [5, 5.41) is 3.51. The van der Waals surface area contributed by atoms with Gasteiger partial charge in [0.2, 0.25) is 0 Å². The molecule has 0 saturated carbocycles. The highest BCUT2D eigenvalue weighted by atomic mass is 16.5. The number of benzene rings is 2. The van der Waals surface area contributed by atoms with Gasteiger partial charge in [-0.2, -0.15) is 0 Å². The number of ether oxygens (including phenoxy) is 2. The first-order valence-electron chi connectivity index (χ1n) is 8.25. The largest absolute Gasteiger partial charge is 0.493 e. The van der Waals surface area contributed by atoms with Gasteiger partial charge in [-0.1, -0.05) is 31.5 Å². The van der Waals surface area contributed by atoms with Crippen LogP contribution in [0.15, 0.2) is 36.4 Å². The summed E-state index contributed by atoms with van der Waals surface area (Å²) in [6.45, 7) is 7.87. The maximum atomic E-state index is 5.85. The third kappa shape index (κ3) is 4.92. The molecule has 0 amide bonds. The lowest BCUT2D eigenvalue weighted by atomic mass is 10.1. The van der Waals surface area contributed by atoms with Gasteiger partial charge in [-0.25, -0.2) is 0 Å². The molecule has 0 radical (unpaired) electrons. The van der Waals surface area contributed by atoms with Crippen molar-refractivity contribution in [1.29, 1.82) is 0 Å². The Morgan fingerprint density at radius 1 is 1.00 bits per heavy atom. The molecule has 0 aliphatic heterocycles. The molecule has 2 aromatic carbocycles. The summed E-state index contributed by atoms with van der Waals surface area (Å²) in [5.41, 5.74) is 4.87. The van der Waals surface area contributed by atoms with Gasteiger partial charge >= 0.3 is 0 Å². The quantitative estimate of drug-likeness (QED) is 0.687. The molecule has 0 saturated heterocycles. The Labute approximate surface area is 139 Å². The molecular weight excluding hydrogens is 286 g/mol. The molecule has 0 aliphatic carbocycles. The standard InChI is InChI=1S/C20H27NO2/c1-5-6-11-23-20-13-17(9-10-19(20)22-4)14-21-18-12-15(2)7-8-16(18)3/h7-10,12-13,21H,5-6,11,14H2,1-4H3. The van der Waals surface area contributed by atoms with Crippen LogP contribution in [0.5, 0.6) is 11.5 Å². The molecule has 3 nitrogen and oxygen atoms in total. The van der Waals surface area contributed by atoms with Gasteiger partial charge in [0.15, 0.2) is 11.5 Å². The highest BCUT2D eigenvalue weighted by Crippen LogP contribution is 2.29. The van der Waals surface area contributed by atoms with Crippen molar-refractivity contribution in [2.75, 3.05) is 19.0 Å². The maximum Gasteiger partial charge on any atom is 0.161 e. The molecule has 0 aromatic heterocycles. The van der Waals surface area contributed by atoms with Crippen LogP contribution in [0, 0.1) is 13.8 Å². The fourth-order valence-electron chi connectivity index (χ4n) is 2.39. The monoisotopic (exact) mass is 313 g/mol. The molecular formula is C20H27NO2. The molecule has 2 rings (SSSR count). The molecule has 2 aromatic rings. The van der Waals surface area contributed by atoms with E-state index in [0.717, 1.165) is 37.5 Å². The normalized spacial score (nSPS) is 10.4. The Bertz CT molecular complexity index is 638. The Balaban J connectivity index is 2.07. The fourth-order valence-corrected chi connectivity index (χ4v) is 2.39. The van der Waals surface area contributed by atoms with Crippen LogP contribution in [0.1, 0.15) is 36.5 Å². The second kappa shape index (κ2) is 8.47. The van der Waals surface area contributed by atoms with E-state index < -0.39 is 0 Å². The summed E-state index contributed by atoms with van der Waals surface area (Å²) in [7, 11) is 1.68. The van der Waals surface area contributed by atoms with Gasteiger partial charge in [0.1, 0.15) is 0 Å². The lowest BCUT2D eigenvalue weighted by molar-refractivity contribution is 0.288. The van der Waals surface area contributed by atoms with E-state index in [1.165, 1.54) is 22.4 Å². The van der Waals surface area contributed by atoms with Crippen molar-refractivity contribution in [3.63, 3.8) is 0 Å². The third-order valence-electron chi connectivity index (χ3n) is 3.86. The van der Waals surface area contributed by atoms with E-state index >= 15 is 0 Å². The smallest absolute Gasteiger partial charge is 0.161 e. The Morgan fingerprint density at radius 3 is 2.57 bits per heavy atom. The van der Waals surface area contributed by atoms with Gasteiger partial charge in [0.05, 0.1) is 13.7 Å². The Kier molecular flexibility index (Phi) is 6.33. The minimum atomic E-state index is 0.723. The van der Waals surface area contributed by atoms with Crippen LogP contribution in [-0.2, 0) is 6.54 Å². The average molecular weight is 313 g/mol. The Hall–Kier alpha value is -2.16. The second-order valence-corrected chi connectivity index (χ2v) is 5.86. The Morgan fingerprint density at radius 2 is 1.83 bits per heavy atom. The van der Waals surface area contributed by atoms with Crippen molar-refractivity contribution in [1.82, 2.24) is 0 Å². The first kappa shape index (κ1) is 17.2. The van der Waals surface area contributed by atoms with E-state index in [1.54, 1.807) is 7.11 Å². The van der Waals surface area contributed by atoms with E-state index in [-0.39, 0.29) is 0 Å². The number of aryl methyl sites for hydroxylation is 2. The number of hydrogen-bond acceptors (Lipinski definition) is 3. The van der Waals surface area contributed by atoms with Crippen LogP contribution >= 0.6 is 0 Å². The number of methoxy groups -OCH3 is 1. The minimum absolute atomic E-state index is 0.723. The summed E-state index contributed by atoms with van der Waals surface area (Å²) < 4.78 is 11.2.